The van der Waals surface area contributed by atoms with E-state index in [-0.39, 0.29) is 33.6 Å². The third-order valence-corrected chi connectivity index (χ3v) is 7.01. The number of carbonyl (C=O) groups excluding carboxylic acids is 1. The Morgan fingerprint density at radius 3 is 2.62 bits per heavy atom. The minimum atomic E-state index is -3.64. The SMILES string of the molecule is CC(C)n1cc(S(=O)(=O)c2ccc(NC(=O)[C@H]3C[C@@H]3C3=CC=CNC3)cc2)cn1. The number of allylic oxidation sites excluding steroid dienone is 2. The molecule has 1 aromatic carbocycles. The summed E-state index contributed by atoms with van der Waals surface area (Å²) < 4.78 is 27.2. The molecule has 2 heterocycles. The van der Waals surface area contributed by atoms with Gasteiger partial charge in [0.15, 0.2) is 0 Å². The lowest BCUT2D eigenvalue weighted by molar-refractivity contribution is -0.117. The summed E-state index contributed by atoms with van der Waals surface area (Å²) in [7, 11) is -3.64. The van der Waals surface area contributed by atoms with Crippen molar-refractivity contribution in [3.8, 4) is 0 Å². The predicted molar refractivity (Wildman–Crippen MR) is 110 cm³/mol. The van der Waals surface area contributed by atoms with E-state index in [1.165, 1.54) is 30.1 Å². The molecular formula is C21H24N4O3S. The number of sulfone groups is 1. The Labute approximate surface area is 170 Å². The van der Waals surface area contributed by atoms with Crippen LogP contribution in [0.5, 0.6) is 0 Å². The van der Waals surface area contributed by atoms with E-state index in [0.29, 0.717) is 5.69 Å². The molecule has 29 heavy (non-hydrogen) atoms. The first-order chi connectivity index (χ1) is 13.9. The maximum absolute atomic E-state index is 12.8. The summed E-state index contributed by atoms with van der Waals surface area (Å²) >= 11 is 0. The van der Waals surface area contributed by atoms with Crippen LogP contribution in [0.15, 0.2) is 70.4 Å². The minimum absolute atomic E-state index is 0.0279. The molecule has 0 saturated heterocycles. The van der Waals surface area contributed by atoms with Crippen LogP contribution in [0.3, 0.4) is 0 Å². The van der Waals surface area contributed by atoms with E-state index in [1.54, 1.807) is 16.8 Å². The van der Waals surface area contributed by atoms with E-state index in [2.05, 4.69) is 21.8 Å². The van der Waals surface area contributed by atoms with Crippen molar-refractivity contribution in [1.82, 2.24) is 15.1 Å². The van der Waals surface area contributed by atoms with E-state index in [9.17, 15) is 13.2 Å². The van der Waals surface area contributed by atoms with Gasteiger partial charge in [-0.25, -0.2) is 8.42 Å². The first-order valence-electron chi connectivity index (χ1n) is 9.65. The summed E-state index contributed by atoms with van der Waals surface area (Å²) in [4.78, 5) is 12.8. The molecule has 1 aliphatic heterocycles. The average molecular weight is 413 g/mol. The molecule has 4 rings (SSSR count). The molecule has 1 fully saturated rings. The number of rotatable bonds is 6. The van der Waals surface area contributed by atoms with Crippen LogP contribution in [0, 0.1) is 11.8 Å². The van der Waals surface area contributed by atoms with Gasteiger partial charge in [-0.05, 0) is 68.3 Å². The zero-order chi connectivity index (χ0) is 20.6. The van der Waals surface area contributed by atoms with Crippen LogP contribution in [-0.2, 0) is 14.6 Å². The molecule has 0 radical (unpaired) electrons. The third-order valence-electron chi connectivity index (χ3n) is 5.28. The average Bonchev–Trinajstić information content (AvgIpc) is 3.35. The van der Waals surface area contributed by atoms with Gasteiger partial charge in [-0.1, -0.05) is 6.08 Å². The van der Waals surface area contributed by atoms with Crippen LogP contribution in [0.1, 0.15) is 26.3 Å². The number of amides is 1. The van der Waals surface area contributed by atoms with Crippen molar-refractivity contribution < 1.29 is 13.2 Å². The Balaban J connectivity index is 1.42. The molecule has 2 aromatic rings. The molecular weight excluding hydrogens is 388 g/mol. The monoisotopic (exact) mass is 412 g/mol. The topological polar surface area (TPSA) is 93.1 Å². The van der Waals surface area contributed by atoms with Crippen molar-refractivity contribution in [2.45, 2.75) is 36.1 Å². The third kappa shape index (κ3) is 3.98. The minimum Gasteiger partial charge on any atom is -0.387 e. The number of nitrogens with zero attached hydrogens (tertiary/aromatic N) is 2. The summed E-state index contributed by atoms with van der Waals surface area (Å²) in [5.74, 6) is 0.226. The zero-order valence-electron chi connectivity index (χ0n) is 16.4. The summed E-state index contributed by atoms with van der Waals surface area (Å²) in [6.07, 6.45) is 9.66. The highest BCUT2D eigenvalue weighted by Crippen LogP contribution is 2.45. The fourth-order valence-corrected chi connectivity index (χ4v) is 4.65. The number of aromatic nitrogens is 2. The van der Waals surface area contributed by atoms with Gasteiger partial charge in [0.1, 0.15) is 4.90 Å². The first-order valence-corrected chi connectivity index (χ1v) is 11.1. The van der Waals surface area contributed by atoms with Crippen molar-refractivity contribution in [1.29, 1.82) is 0 Å². The van der Waals surface area contributed by atoms with Crippen LogP contribution in [0.4, 0.5) is 5.69 Å². The number of benzene rings is 1. The van der Waals surface area contributed by atoms with Gasteiger partial charge in [0.2, 0.25) is 15.7 Å². The second-order valence-corrected chi connectivity index (χ2v) is 9.65. The summed E-state index contributed by atoms with van der Waals surface area (Å²) in [6, 6.07) is 6.36. The van der Waals surface area contributed by atoms with Crippen LogP contribution in [0.25, 0.3) is 0 Å². The van der Waals surface area contributed by atoms with E-state index >= 15 is 0 Å². The highest BCUT2D eigenvalue weighted by atomic mass is 32.2. The fraction of sp³-hybridized carbons (Fsp3) is 0.333. The molecule has 0 unspecified atom stereocenters. The Morgan fingerprint density at radius 2 is 2.00 bits per heavy atom. The van der Waals surface area contributed by atoms with Crippen LogP contribution in [0.2, 0.25) is 0 Å². The van der Waals surface area contributed by atoms with Gasteiger partial charge in [-0.2, -0.15) is 5.10 Å². The molecule has 1 saturated carbocycles. The van der Waals surface area contributed by atoms with Gasteiger partial charge in [0, 0.05) is 30.4 Å². The van der Waals surface area contributed by atoms with Crippen molar-refractivity contribution in [2.24, 2.45) is 11.8 Å². The number of carbonyl (C=O) groups is 1. The number of nitrogens with one attached hydrogen (secondary N) is 2. The van der Waals surface area contributed by atoms with E-state index in [0.717, 1.165) is 13.0 Å². The highest BCUT2D eigenvalue weighted by Gasteiger charge is 2.44. The van der Waals surface area contributed by atoms with Gasteiger partial charge in [-0.15, -0.1) is 0 Å². The van der Waals surface area contributed by atoms with E-state index in [4.69, 9.17) is 0 Å². The Kier molecular flexibility index (Phi) is 5.04. The Hall–Kier alpha value is -2.87. The molecule has 2 aliphatic rings. The molecule has 152 valence electrons. The second kappa shape index (κ2) is 7.51. The van der Waals surface area contributed by atoms with Gasteiger partial charge >= 0.3 is 0 Å². The molecule has 1 aromatic heterocycles. The van der Waals surface area contributed by atoms with Gasteiger partial charge in [-0.3, -0.25) is 9.48 Å². The molecule has 0 spiro atoms. The Bertz CT molecular complexity index is 1080. The first kappa shape index (κ1) is 19.4. The second-order valence-electron chi connectivity index (χ2n) is 7.70. The number of dihydropyridines is 1. The summed E-state index contributed by atoms with van der Waals surface area (Å²) in [6.45, 7) is 4.65. The Morgan fingerprint density at radius 1 is 1.24 bits per heavy atom. The van der Waals surface area contributed by atoms with Gasteiger partial charge in [0.05, 0.1) is 11.1 Å². The lowest BCUT2D eigenvalue weighted by atomic mass is 10.1. The smallest absolute Gasteiger partial charge is 0.228 e. The van der Waals surface area contributed by atoms with Crippen LogP contribution in [-0.4, -0.2) is 30.7 Å². The summed E-state index contributed by atoms with van der Waals surface area (Å²) in [5.41, 5.74) is 1.84. The van der Waals surface area contributed by atoms with Crippen molar-refractivity contribution in [3.05, 3.63) is 60.6 Å². The van der Waals surface area contributed by atoms with E-state index in [1.807, 2.05) is 26.1 Å². The van der Waals surface area contributed by atoms with Crippen LogP contribution >= 0.6 is 0 Å². The van der Waals surface area contributed by atoms with Gasteiger partial charge < -0.3 is 10.6 Å². The van der Waals surface area contributed by atoms with Crippen molar-refractivity contribution >= 4 is 21.4 Å². The molecule has 0 bridgehead atoms. The fourth-order valence-electron chi connectivity index (χ4n) is 3.45. The van der Waals surface area contributed by atoms with Crippen molar-refractivity contribution in [2.75, 3.05) is 11.9 Å². The highest BCUT2D eigenvalue weighted by molar-refractivity contribution is 7.91. The predicted octanol–water partition coefficient (Wildman–Crippen LogP) is 2.91. The normalized spacial score (nSPS) is 20.9. The number of anilines is 1. The molecule has 7 nitrogen and oxygen atoms in total. The maximum atomic E-state index is 12.8. The zero-order valence-corrected chi connectivity index (χ0v) is 17.2. The number of hydrogen-bond acceptors (Lipinski definition) is 5. The van der Waals surface area contributed by atoms with Crippen LogP contribution < -0.4 is 10.6 Å². The largest absolute Gasteiger partial charge is 0.387 e. The standard InChI is InChI=1S/C21H24N4O3S/c1-14(2)25-13-18(12-23-25)29(27,28)17-7-5-16(6-8-17)24-21(26)20-10-19(20)15-4-3-9-22-11-15/h3-9,12-14,19-20,22H,10-11H2,1-2H3,(H,24,26)/t19-,20+/m1/s1. The maximum Gasteiger partial charge on any atom is 0.228 e. The molecule has 1 aliphatic carbocycles. The summed E-state index contributed by atoms with van der Waals surface area (Å²) in [5, 5.41) is 10.2. The molecule has 8 heteroatoms. The number of hydrogen-bond donors (Lipinski definition) is 2. The molecule has 1 amide bonds. The van der Waals surface area contributed by atoms with Gasteiger partial charge in [0.25, 0.3) is 0 Å². The van der Waals surface area contributed by atoms with Crippen molar-refractivity contribution in [3.63, 3.8) is 0 Å². The van der Waals surface area contributed by atoms with E-state index < -0.39 is 9.84 Å². The lowest BCUT2D eigenvalue weighted by Gasteiger charge is -2.11. The quantitative estimate of drug-likeness (QED) is 0.761. The molecule has 2 N–H and O–H groups in total. The lowest BCUT2D eigenvalue weighted by Crippen LogP contribution is -2.18. The molecule has 2 atom stereocenters.